The summed E-state index contributed by atoms with van der Waals surface area (Å²) >= 11 is 4.17. The van der Waals surface area contributed by atoms with Gasteiger partial charge in [0.1, 0.15) is 0 Å². The van der Waals surface area contributed by atoms with Gasteiger partial charge in [0, 0.05) is 12.2 Å². The van der Waals surface area contributed by atoms with Crippen LogP contribution >= 0.6 is 23.5 Å². The molecule has 3 rings (SSSR count). The van der Waals surface area contributed by atoms with E-state index in [2.05, 4.69) is 54.2 Å². The molecule has 2 fully saturated rings. The first-order valence-corrected chi connectivity index (χ1v) is 13.8. The van der Waals surface area contributed by atoms with Crippen LogP contribution in [0, 0.1) is 11.8 Å². The predicted molar refractivity (Wildman–Crippen MR) is 129 cm³/mol. The number of benzene rings is 1. The second kappa shape index (κ2) is 13.5. The maximum atomic E-state index is 10.6. The molecular weight excluding hydrogens is 412 g/mol. The summed E-state index contributed by atoms with van der Waals surface area (Å²) in [5, 5.41) is 8.72. The molecule has 2 bridgehead atoms. The van der Waals surface area contributed by atoms with E-state index in [4.69, 9.17) is 9.84 Å². The van der Waals surface area contributed by atoms with Crippen LogP contribution in [0.3, 0.4) is 0 Å². The van der Waals surface area contributed by atoms with Crippen LogP contribution in [0.1, 0.15) is 56.9 Å². The summed E-state index contributed by atoms with van der Waals surface area (Å²) in [5.74, 6) is 5.53. The zero-order valence-corrected chi connectivity index (χ0v) is 19.5. The number of carboxylic acids is 1. The molecule has 0 saturated carbocycles. The van der Waals surface area contributed by atoms with E-state index in [-0.39, 0.29) is 6.42 Å². The lowest BCUT2D eigenvalue weighted by Gasteiger charge is -2.27. The number of unbranched alkanes of at least 4 members (excludes halogenated alkanes) is 2. The van der Waals surface area contributed by atoms with Crippen LogP contribution in [0.15, 0.2) is 42.5 Å². The van der Waals surface area contributed by atoms with Gasteiger partial charge in [-0.25, -0.2) is 0 Å². The van der Waals surface area contributed by atoms with E-state index in [1.54, 1.807) is 0 Å². The van der Waals surface area contributed by atoms with E-state index in [1.807, 2.05) is 11.8 Å². The number of hydrogen-bond donors (Lipinski definition) is 1. The Morgan fingerprint density at radius 3 is 2.50 bits per heavy atom. The Balaban J connectivity index is 1.25. The summed E-state index contributed by atoms with van der Waals surface area (Å²) in [5.41, 5.74) is 1.43. The summed E-state index contributed by atoms with van der Waals surface area (Å²) in [6.07, 6.45) is 13.4. The van der Waals surface area contributed by atoms with Gasteiger partial charge in [-0.3, -0.25) is 4.79 Å². The Morgan fingerprint density at radius 2 is 1.73 bits per heavy atom. The maximum absolute atomic E-state index is 10.6. The quantitative estimate of drug-likeness (QED) is 0.247. The minimum absolute atomic E-state index is 0.269. The van der Waals surface area contributed by atoms with E-state index < -0.39 is 5.97 Å². The third-order valence-corrected chi connectivity index (χ3v) is 8.49. The molecule has 166 valence electrons. The van der Waals surface area contributed by atoms with E-state index in [0.717, 1.165) is 25.0 Å². The molecule has 1 aromatic carbocycles. The van der Waals surface area contributed by atoms with Crippen LogP contribution in [-0.2, 0) is 15.3 Å². The Kier molecular flexibility index (Phi) is 10.7. The molecule has 0 aromatic heterocycles. The topological polar surface area (TPSA) is 46.5 Å². The number of allylic oxidation sites excluding steroid dienone is 2. The van der Waals surface area contributed by atoms with Crippen molar-refractivity contribution in [1.29, 1.82) is 0 Å². The molecule has 1 N–H and O–H groups in total. The molecular formula is C25H36O3S2. The van der Waals surface area contributed by atoms with Crippen LogP contribution in [0.4, 0.5) is 0 Å². The zero-order chi connectivity index (χ0) is 21.0. The van der Waals surface area contributed by atoms with E-state index in [1.165, 1.54) is 48.5 Å². The maximum Gasteiger partial charge on any atom is 0.303 e. The highest BCUT2D eigenvalue weighted by atomic mass is 32.2. The molecule has 0 unspecified atom stereocenters. The van der Waals surface area contributed by atoms with E-state index in [0.29, 0.717) is 24.0 Å². The largest absolute Gasteiger partial charge is 0.481 e. The van der Waals surface area contributed by atoms with Crippen LogP contribution in [0.5, 0.6) is 0 Å². The molecule has 2 aliphatic heterocycles. The molecule has 0 radical (unpaired) electrons. The SMILES string of the molecule is O=C(O)CCCC=CC[C@@H]1[C@@H](CSCCCCSCc2ccccc2)[C@@H]2CC[C@H]1O2. The molecule has 0 spiro atoms. The molecule has 2 saturated heterocycles. The van der Waals surface area contributed by atoms with Gasteiger partial charge in [-0.05, 0) is 79.6 Å². The minimum Gasteiger partial charge on any atom is -0.481 e. The second-order valence-electron chi connectivity index (χ2n) is 8.43. The number of ether oxygens (including phenoxy) is 1. The first kappa shape index (κ1) is 23.7. The summed E-state index contributed by atoms with van der Waals surface area (Å²) in [7, 11) is 0. The zero-order valence-electron chi connectivity index (χ0n) is 17.9. The average molecular weight is 449 g/mol. The minimum atomic E-state index is -0.697. The van der Waals surface area contributed by atoms with Gasteiger partial charge in [0.25, 0.3) is 0 Å². The van der Waals surface area contributed by atoms with Crippen LogP contribution in [-0.4, -0.2) is 40.5 Å². The predicted octanol–water partition coefficient (Wildman–Crippen LogP) is 6.43. The number of thioether (sulfide) groups is 2. The average Bonchev–Trinajstić information content (AvgIpc) is 3.35. The fourth-order valence-electron chi connectivity index (χ4n) is 4.56. The van der Waals surface area contributed by atoms with E-state index in [9.17, 15) is 4.79 Å². The van der Waals surface area contributed by atoms with Gasteiger partial charge in [-0.1, -0.05) is 42.5 Å². The second-order valence-corrected chi connectivity index (χ2v) is 10.7. The van der Waals surface area contributed by atoms with Gasteiger partial charge in [-0.15, -0.1) is 0 Å². The van der Waals surface area contributed by atoms with Crippen molar-refractivity contribution < 1.29 is 14.6 Å². The Morgan fingerprint density at radius 1 is 1.00 bits per heavy atom. The fraction of sp³-hybridized carbons (Fsp3) is 0.640. The van der Waals surface area contributed by atoms with Crippen LogP contribution < -0.4 is 0 Å². The normalized spacial score (nSPS) is 25.3. The van der Waals surface area contributed by atoms with Crippen molar-refractivity contribution in [2.24, 2.45) is 11.8 Å². The molecule has 2 aliphatic rings. The number of carboxylic acid groups (broad SMARTS) is 1. The Hall–Kier alpha value is -0.910. The molecule has 5 heteroatoms. The first-order valence-electron chi connectivity index (χ1n) is 11.5. The van der Waals surface area contributed by atoms with Crippen molar-refractivity contribution in [3.8, 4) is 0 Å². The third-order valence-electron chi connectivity index (χ3n) is 6.18. The highest BCUT2D eigenvalue weighted by molar-refractivity contribution is 7.99. The summed E-state index contributed by atoms with van der Waals surface area (Å²) in [6.45, 7) is 0. The monoisotopic (exact) mass is 448 g/mol. The van der Waals surface area contributed by atoms with Gasteiger partial charge >= 0.3 is 5.97 Å². The molecule has 3 nitrogen and oxygen atoms in total. The lowest BCUT2D eigenvalue weighted by Crippen LogP contribution is -2.28. The summed E-state index contributed by atoms with van der Waals surface area (Å²) in [4.78, 5) is 10.6. The highest BCUT2D eigenvalue weighted by Gasteiger charge is 2.47. The molecule has 30 heavy (non-hydrogen) atoms. The van der Waals surface area contributed by atoms with Gasteiger partial charge in [0.2, 0.25) is 0 Å². The molecule has 1 aromatic rings. The van der Waals surface area contributed by atoms with Crippen molar-refractivity contribution >= 4 is 29.5 Å². The Labute approximate surface area is 190 Å². The van der Waals surface area contributed by atoms with Crippen molar-refractivity contribution in [2.45, 2.75) is 69.3 Å². The number of fused-ring (bicyclic) bond motifs is 2. The lowest BCUT2D eigenvalue weighted by atomic mass is 9.78. The van der Waals surface area contributed by atoms with Crippen molar-refractivity contribution in [3.63, 3.8) is 0 Å². The van der Waals surface area contributed by atoms with Gasteiger partial charge in [-0.2, -0.15) is 23.5 Å². The van der Waals surface area contributed by atoms with E-state index >= 15 is 0 Å². The van der Waals surface area contributed by atoms with Gasteiger partial charge < -0.3 is 9.84 Å². The molecule has 4 atom stereocenters. The number of carbonyl (C=O) groups is 1. The number of rotatable bonds is 15. The van der Waals surface area contributed by atoms with Crippen molar-refractivity contribution in [3.05, 3.63) is 48.0 Å². The third kappa shape index (κ3) is 7.97. The lowest BCUT2D eigenvalue weighted by molar-refractivity contribution is -0.137. The number of hydrogen-bond acceptors (Lipinski definition) is 4. The fourth-order valence-corrected chi connectivity index (χ4v) is 6.85. The molecule has 2 heterocycles. The molecule has 0 aliphatic carbocycles. The summed E-state index contributed by atoms with van der Waals surface area (Å²) < 4.78 is 6.23. The Bertz CT molecular complexity index is 649. The highest BCUT2D eigenvalue weighted by Crippen LogP contribution is 2.46. The van der Waals surface area contributed by atoms with Gasteiger partial charge in [0.15, 0.2) is 0 Å². The van der Waals surface area contributed by atoms with Gasteiger partial charge in [0.05, 0.1) is 12.2 Å². The van der Waals surface area contributed by atoms with Crippen LogP contribution in [0.25, 0.3) is 0 Å². The van der Waals surface area contributed by atoms with Crippen molar-refractivity contribution in [2.75, 3.05) is 17.3 Å². The first-order chi connectivity index (χ1) is 14.7. The molecule has 0 amide bonds. The van der Waals surface area contributed by atoms with Crippen LogP contribution in [0.2, 0.25) is 0 Å². The smallest absolute Gasteiger partial charge is 0.303 e. The number of aliphatic carboxylic acids is 1. The summed E-state index contributed by atoms with van der Waals surface area (Å²) in [6, 6.07) is 10.7. The van der Waals surface area contributed by atoms with Crippen molar-refractivity contribution in [1.82, 2.24) is 0 Å². The standard InChI is InChI=1S/C25H36O3S2/c26-25(27)13-7-2-1-6-12-21-22(24-15-14-23(21)28-24)19-30-17-9-8-16-29-18-20-10-4-3-5-11-20/h1,3-6,10-11,21-24H,2,7-9,12-19H2,(H,26,27)/t21-,22-,23-,24+/m1/s1.